The first kappa shape index (κ1) is 17.0. The van der Waals surface area contributed by atoms with Crippen LogP contribution in [0.1, 0.15) is 17.9 Å². The van der Waals surface area contributed by atoms with E-state index < -0.39 is 6.61 Å². The molecule has 0 bridgehead atoms. The number of benzene rings is 2. The standard InChI is InChI=1S/C17H13Cl2F2NO2/c18-10-3-1-9(2-4-10)12-8-13(12)16(23)22-11-5-6-15(14(19)7-11)24-17(20)21/h1-7,12-13,17H,8H2,(H,22,23)/t12-,13+/m0/s1. The summed E-state index contributed by atoms with van der Waals surface area (Å²) in [5, 5.41) is 3.41. The Morgan fingerprint density at radius 3 is 2.50 bits per heavy atom. The summed E-state index contributed by atoms with van der Waals surface area (Å²) >= 11 is 11.7. The van der Waals surface area contributed by atoms with Gasteiger partial charge in [0, 0.05) is 16.6 Å². The van der Waals surface area contributed by atoms with Gasteiger partial charge >= 0.3 is 6.61 Å². The Bertz CT molecular complexity index is 753. The van der Waals surface area contributed by atoms with E-state index in [0.29, 0.717) is 10.7 Å². The van der Waals surface area contributed by atoms with Crippen molar-refractivity contribution in [3.8, 4) is 5.75 Å². The summed E-state index contributed by atoms with van der Waals surface area (Å²) in [5.41, 5.74) is 1.51. The summed E-state index contributed by atoms with van der Waals surface area (Å²) in [6, 6.07) is 11.6. The summed E-state index contributed by atoms with van der Waals surface area (Å²) in [5.74, 6) is -0.218. The van der Waals surface area contributed by atoms with Gasteiger partial charge in [-0.25, -0.2) is 0 Å². The van der Waals surface area contributed by atoms with Crippen LogP contribution in [0.15, 0.2) is 42.5 Å². The molecule has 0 aromatic heterocycles. The molecule has 0 spiro atoms. The lowest BCUT2D eigenvalue weighted by atomic mass is 10.1. The van der Waals surface area contributed by atoms with Gasteiger partial charge in [0.1, 0.15) is 5.75 Å². The first-order valence-electron chi connectivity index (χ1n) is 7.24. The van der Waals surface area contributed by atoms with Crippen LogP contribution in [0.2, 0.25) is 10.0 Å². The average Bonchev–Trinajstić information content (AvgIpc) is 3.31. The molecule has 1 aliphatic carbocycles. The second-order valence-electron chi connectivity index (χ2n) is 5.51. The number of carbonyl (C=O) groups is 1. The molecule has 1 fully saturated rings. The van der Waals surface area contributed by atoms with Gasteiger partial charge in [0.2, 0.25) is 5.91 Å². The molecule has 3 rings (SSSR count). The molecule has 0 unspecified atom stereocenters. The number of halogens is 4. The van der Waals surface area contributed by atoms with Crippen LogP contribution < -0.4 is 10.1 Å². The predicted molar refractivity (Wildman–Crippen MR) is 89.0 cm³/mol. The van der Waals surface area contributed by atoms with E-state index in [2.05, 4.69) is 10.1 Å². The fraction of sp³-hybridized carbons (Fsp3) is 0.235. The number of ether oxygens (including phenoxy) is 1. The second-order valence-corrected chi connectivity index (χ2v) is 6.36. The number of alkyl halides is 2. The lowest BCUT2D eigenvalue weighted by molar-refractivity contribution is -0.117. The van der Waals surface area contributed by atoms with Gasteiger partial charge in [-0.05, 0) is 48.2 Å². The number of amides is 1. The molecule has 0 heterocycles. The van der Waals surface area contributed by atoms with Crippen molar-refractivity contribution in [2.24, 2.45) is 5.92 Å². The Hall–Kier alpha value is -1.85. The zero-order valence-corrected chi connectivity index (χ0v) is 13.8. The molecule has 1 aliphatic rings. The molecule has 1 amide bonds. The minimum Gasteiger partial charge on any atom is -0.433 e. The lowest BCUT2D eigenvalue weighted by Crippen LogP contribution is -2.14. The zero-order chi connectivity index (χ0) is 17.3. The number of carbonyl (C=O) groups excluding carboxylic acids is 1. The van der Waals surface area contributed by atoms with Crippen molar-refractivity contribution in [2.75, 3.05) is 5.32 Å². The van der Waals surface area contributed by atoms with Crippen LogP contribution in [0.3, 0.4) is 0 Å². The Kier molecular flexibility index (Phi) is 4.92. The van der Waals surface area contributed by atoms with Gasteiger partial charge in [-0.15, -0.1) is 0 Å². The van der Waals surface area contributed by atoms with Crippen LogP contribution in [-0.2, 0) is 4.79 Å². The molecular formula is C17H13Cl2F2NO2. The van der Waals surface area contributed by atoms with E-state index in [0.717, 1.165) is 12.0 Å². The molecule has 0 saturated heterocycles. The van der Waals surface area contributed by atoms with Gasteiger partial charge in [0.05, 0.1) is 5.02 Å². The van der Waals surface area contributed by atoms with Crippen molar-refractivity contribution in [1.29, 1.82) is 0 Å². The fourth-order valence-corrected chi connectivity index (χ4v) is 2.92. The second kappa shape index (κ2) is 6.95. The summed E-state index contributed by atoms with van der Waals surface area (Å²) in [6.45, 7) is -2.95. The van der Waals surface area contributed by atoms with E-state index >= 15 is 0 Å². The molecule has 0 aliphatic heterocycles. The topological polar surface area (TPSA) is 38.3 Å². The number of nitrogens with one attached hydrogen (secondary N) is 1. The van der Waals surface area contributed by atoms with Gasteiger partial charge in [-0.2, -0.15) is 8.78 Å². The number of rotatable bonds is 5. The van der Waals surface area contributed by atoms with E-state index in [1.165, 1.54) is 18.2 Å². The molecule has 2 aromatic carbocycles. The molecule has 2 aromatic rings. The van der Waals surface area contributed by atoms with Gasteiger partial charge in [0.15, 0.2) is 0 Å². The van der Waals surface area contributed by atoms with Crippen molar-refractivity contribution in [1.82, 2.24) is 0 Å². The first-order valence-corrected chi connectivity index (χ1v) is 8.00. The number of hydrogen-bond acceptors (Lipinski definition) is 2. The number of anilines is 1. The summed E-state index contributed by atoms with van der Waals surface area (Å²) < 4.78 is 28.7. The molecule has 2 atom stereocenters. The molecular weight excluding hydrogens is 359 g/mol. The van der Waals surface area contributed by atoms with Crippen molar-refractivity contribution in [3.63, 3.8) is 0 Å². The van der Waals surface area contributed by atoms with Crippen LogP contribution >= 0.6 is 23.2 Å². The SMILES string of the molecule is O=C(Nc1ccc(OC(F)F)c(Cl)c1)[C@@H]1C[C@H]1c1ccc(Cl)cc1. The molecule has 24 heavy (non-hydrogen) atoms. The van der Waals surface area contributed by atoms with Crippen LogP contribution in [0.4, 0.5) is 14.5 Å². The summed E-state index contributed by atoms with van der Waals surface area (Å²) in [4.78, 5) is 12.3. The highest BCUT2D eigenvalue weighted by Gasteiger charge is 2.43. The summed E-state index contributed by atoms with van der Waals surface area (Å²) in [7, 11) is 0. The Morgan fingerprint density at radius 1 is 1.17 bits per heavy atom. The van der Waals surface area contributed by atoms with Gasteiger partial charge < -0.3 is 10.1 Å². The average molecular weight is 372 g/mol. The normalized spacial score (nSPS) is 19.2. The lowest BCUT2D eigenvalue weighted by Gasteiger charge is -2.09. The molecule has 0 radical (unpaired) electrons. The van der Waals surface area contributed by atoms with Crippen molar-refractivity contribution >= 4 is 34.8 Å². The fourth-order valence-electron chi connectivity index (χ4n) is 2.57. The van der Waals surface area contributed by atoms with Gasteiger partial charge in [-0.3, -0.25) is 4.79 Å². The first-order chi connectivity index (χ1) is 11.4. The molecule has 1 saturated carbocycles. The van der Waals surface area contributed by atoms with Crippen LogP contribution in [0.5, 0.6) is 5.75 Å². The highest BCUT2D eigenvalue weighted by Crippen LogP contribution is 2.48. The third-order valence-electron chi connectivity index (χ3n) is 3.84. The highest BCUT2D eigenvalue weighted by atomic mass is 35.5. The molecule has 126 valence electrons. The van der Waals surface area contributed by atoms with E-state index in [-0.39, 0.29) is 28.5 Å². The van der Waals surface area contributed by atoms with E-state index in [1.54, 1.807) is 12.1 Å². The minimum absolute atomic E-state index is 0.0122. The van der Waals surface area contributed by atoms with Crippen LogP contribution in [0.25, 0.3) is 0 Å². The third-order valence-corrected chi connectivity index (χ3v) is 4.39. The van der Waals surface area contributed by atoms with Gasteiger partial charge in [-0.1, -0.05) is 35.3 Å². The predicted octanol–water partition coefficient (Wildman–Crippen LogP) is 5.34. The maximum atomic E-state index is 12.3. The zero-order valence-electron chi connectivity index (χ0n) is 12.3. The van der Waals surface area contributed by atoms with Crippen molar-refractivity contribution in [2.45, 2.75) is 19.0 Å². The molecule has 7 heteroatoms. The quantitative estimate of drug-likeness (QED) is 0.770. The Labute approximate surface area is 147 Å². The molecule has 3 nitrogen and oxygen atoms in total. The monoisotopic (exact) mass is 371 g/mol. The summed E-state index contributed by atoms with van der Waals surface area (Å²) in [6.07, 6.45) is 0.758. The third kappa shape index (κ3) is 3.97. The largest absolute Gasteiger partial charge is 0.433 e. The smallest absolute Gasteiger partial charge is 0.387 e. The molecule has 1 N–H and O–H groups in total. The van der Waals surface area contributed by atoms with E-state index in [9.17, 15) is 13.6 Å². The van der Waals surface area contributed by atoms with Crippen molar-refractivity contribution < 1.29 is 18.3 Å². The van der Waals surface area contributed by atoms with E-state index in [1.807, 2.05) is 12.1 Å². The van der Waals surface area contributed by atoms with Crippen LogP contribution in [-0.4, -0.2) is 12.5 Å². The van der Waals surface area contributed by atoms with Crippen LogP contribution in [0, 0.1) is 5.92 Å². The number of hydrogen-bond donors (Lipinski definition) is 1. The Balaban J connectivity index is 1.62. The Morgan fingerprint density at radius 2 is 1.88 bits per heavy atom. The highest BCUT2D eigenvalue weighted by molar-refractivity contribution is 6.32. The minimum atomic E-state index is -2.95. The maximum absolute atomic E-state index is 12.3. The van der Waals surface area contributed by atoms with Gasteiger partial charge in [0.25, 0.3) is 0 Å². The van der Waals surface area contributed by atoms with Crippen molar-refractivity contribution in [3.05, 3.63) is 58.1 Å². The maximum Gasteiger partial charge on any atom is 0.387 e. The van der Waals surface area contributed by atoms with E-state index in [4.69, 9.17) is 23.2 Å².